The highest BCUT2D eigenvalue weighted by Gasteiger charge is 2.17. The number of benzene rings is 1. The van der Waals surface area contributed by atoms with Gasteiger partial charge in [0.15, 0.2) is 6.29 Å². The molecule has 0 aliphatic heterocycles. The van der Waals surface area contributed by atoms with Crippen LogP contribution in [0, 0.1) is 5.82 Å². The van der Waals surface area contributed by atoms with Gasteiger partial charge in [-0.05, 0) is 18.4 Å². The van der Waals surface area contributed by atoms with Gasteiger partial charge in [0.05, 0.1) is 0 Å². The van der Waals surface area contributed by atoms with E-state index < -0.39 is 0 Å². The normalized spacial score (nSPS) is 10.6. The van der Waals surface area contributed by atoms with E-state index in [1.54, 1.807) is 18.4 Å². The molecule has 0 aliphatic carbocycles. The van der Waals surface area contributed by atoms with Gasteiger partial charge in [-0.2, -0.15) is 5.10 Å². The van der Waals surface area contributed by atoms with E-state index in [2.05, 4.69) is 5.10 Å². The molecule has 0 amide bonds. The van der Waals surface area contributed by atoms with E-state index in [4.69, 9.17) is 0 Å². The summed E-state index contributed by atoms with van der Waals surface area (Å²) in [5.41, 5.74) is 0.800. The number of thioether (sulfide) groups is 1. The van der Waals surface area contributed by atoms with Crippen LogP contribution in [0.15, 0.2) is 23.1 Å². The van der Waals surface area contributed by atoms with Crippen molar-refractivity contribution in [2.75, 3.05) is 6.26 Å². The van der Waals surface area contributed by atoms with Crippen LogP contribution in [0.5, 0.6) is 5.88 Å². The summed E-state index contributed by atoms with van der Waals surface area (Å²) in [7, 11) is 1.51. The molecule has 1 N–H and O–H groups in total. The average molecular weight is 266 g/mol. The molecule has 0 saturated carbocycles. The van der Waals surface area contributed by atoms with Gasteiger partial charge in [0.25, 0.3) is 0 Å². The SMILES string of the molecule is CSc1ccc(-c2nn(C)c(O)c2C=O)cc1F. The Morgan fingerprint density at radius 1 is 1.50 bits per heavy atom. The van der Waals surface area contributed by atoms with Crippen molar-refractivity contribution in [3.8, 4) is 17.1 Å². The highest BCUT2D eigenvalue weighted by molar-refractivity contribution is 7.98. The van der Waals surface area contributed by atoms with Crippen LogP contribution in [-0.2, 0) is 7.05 Å². The molecular formula is C12H11FN2O2S. The number of carbonyl (C=O) groups excluding carboxylic acids is 1. The minimum Gasteiger partial charge on any atom is -0.493 e. The van der Waals surface area contributed by atoms with Crippen molar-refractivity contribution in [1.29, 1.82) is 0 Å². The first kappa shape index (κ1) is 12.6. The average Bonchev–Trinajstić information content (AvgIpc) is 2.65. The summed E-state index contributed by atoms with van der Waals surface area (Å²) in [6, 6.07) is 4.60. The largest absolute Gasteiger partial charge is 0.493 e. The molecule has 0 fully saturated rings. The first-order chi connectivity index (χ1) is 8.58. The maximum Gasteiger partial charge on any atom is 0.220 e. The van der Waals surface area contributed by atoms with Crippen molar-refractivity contribution in [3.63, 3.8) is 0 Å². The summed E-state index contributed by atoms with van der Waals surface area (Å²) in [5, 5.41) is 13.6. The summed E-state index contributed by atoms with van der Waals surface area (Å²) in [4.78, 5) is 11.5. The second-order valence-electron chi connectivity index (χ2n) is 3.68. The smallest absolute Gasteiger partial charge is 0.220 e. The lowest BCUT2D eigenvalue weighted by Crippen LogP contribution is -1.90. The quantitative estimate of drug-likeness (QED) is 0.685. The Morgan fingerprint density at radius 2 is 2.22 bits per heavy atom. The molecule has 4 nitrogen and oxygen atoms in total. The molecule has 94 valence electrons. The number of aromatic nitrogens is 2. The third-order valence-corrected chi connectivity index (χ3v) is 3.37. The van der Waals surface area contributed by atoms with Gasteiger partial charge in [-0.1, -0.05) is 6.07 Å². The van der Waals surface area contributed by atoms with E-state index in [1.807, 2.05) is 0 Å². The van der Waals surface area contributed by atoms with Crippen molar-refractivity contribution in [2.24, 2.45) is 7.05 Å². The lowest BCUT2D eigenvalue weighted by atomic mass is 10.1. The fourth-order valence-corrected chi connectivity index (χ4v) is 2.12. The van der Waals surface area contributed by atoms with Crippen LogP contribution in [-0.4, -0.2) is 27.4 Å². The Balaban J connectivity index is 2.58. The van der Waals surface area contributed by atoms with Crippen LogP contribution in [0.3, 0.4) is 0 Å². The molecule has 0 bridgehead atoms. The van der Waals surface area contributed by atoms with Crippen molar-refractivity contribution in [2.45, 2.75) is 4.90 Å². The first-order valence-electron chi connectivity index (χ1n) is 5.13. The molecule has 0 unspecified atom stereocenters. The molecule has 18 heavy (non-hydrogen) atoms. The summed E-state index contributed by atoms with van der Waals surface area (Å²) in [6.45, 7) is 0. The standard InChI is InChI=1S/C12H11FN2O2S/c1-15-12(17)8(6-16)11(14-15)7-3-4-10(18-2)9(13)5-7/h3-6,17H,1-2H3. The molecule has 6 heteroatoms. The number of aryl methyl sites for hydroxylation is 1. The maximum atomic E-state index is 13.7. The summed E-state index contributed by atoms with van der Waals surface area (Å²) < 4.78 is 14.9. The van der Waals surface area contributed by atoms with Crippen molar-refractivity contribution < 1.29 is 14.3 Å². The van der Waals surface area contributed by atoms with E-state index in [1.165, 1.54) is 29.6 Å². The van der Waals surface area contributed by atoms with E-state index in [0.717, 1.165) is 0 Å². The molecule has 0 saturated heterocycles. The maximum absolute atomic E-state index is 13.7. The predicted molar refractivity (Wildman–Crippen MR) is 67.4 cm³/mol. The van der Waals surface area contributed by atoms with E-state index in [0.29, 0.717) is 16.7 Å². The van der Waals surface area contributed by atoms with Gasteiger partial charge in [-0.3, -0.25) is 4.79 Å². The number of aromatic hydroxyl groups is 1. The van der Waals surface area contributed by atoms with Gasteiger partial charge in [0, 0.05) is 17.5 Å². The molecule has 1 aromatic heterocycles. The van der Waals surface area contributed by atoms with Crippen molar-refractivity contribution in [1.82, 2.24) is 9.78 Å². The molecule has 0 aliphatic rings. The van der Waals surface area contributed by atoms with Crippen LogP contribution in [0.2, 0.25) is 0 Å². The Bertz CT molecular complexity index is 610. The predicted octanol–water partition coefficient (Wildman–Crippen LogP) is 2.47. The van der Waals surface area contributed by atoms with Gasteiger partial charge in [-0.15, -0.1) is 11.8 Å². The minimum absolute atomic E-state index is 0.0637. The Labute approximate surface area is 107 Å². The lowest BCUT2D eigenvalue weighted by Gasteiger charge is -2.02. The Kier molecular flexibility index (Phi) is 3.38. The van der Waals surface area contributed by atoms with Crippen molar-refractivity contribution >= 4 is 18.0 Å². The number of carbonyl (C=O) groups is 1. The summed E-state index contributed by atoms with van der Waals surface area (Å²) in [5.74, 6) is -0.601. The van der Waals surface area contributed by atoms with Crippen LogP contribution < -0.4 is 0 Å². The second kappa shape index (κ2) is 4.81. The number of aldehydes is 1. The molecule has 0 atom stereocenters. The molecule has 2 aromatic rings. The van der Waals surface area contributed by atoms with Gasteiger partial charge < -0.3 is 5.11 Å². The second-order valence-corrected chi connectivity index (χ2v) is 4.52. The lowest BCUT2D eigenvalue weighted by molar-refractivity contribution is 0.112. The van der Waals surface area contributed by atoms with Crippen LogP contribution in [0.1, 0.15) is 10.4 Å². The van der Waals surface area contributed by atoms with Gasteiger partial charge in [-0.25, -0.2) is 9.07 Å². The van der Waals surface area contributed by atoms with E-state index in [9.17, 15) is 14.3 Å². The molecule has 2 rings (SSSR count). The van der Waals surface area contributed by atoms with Gasteiger partial charge >= 0.3 is 0 Å². The number of hydrogen-bond donors (Lipinski definition) is 1. The zero-order valence-corrected chi connectivity index (χ0v) is 10.7. The Hall–Kier alpha value is -1.82. The number of hydrogen-bond acceptors (Lipinski definition) is 4. The highest BCUT2D eigenvalue weighted by atomic mass is 32.2. The number of rotatable bonds is 3. The van der Waals surface area contributed by atoms with Gasteiger partial charge in [0.2, 0.25) is 5.88 Å². The summed E-state index contributed by atoms with van der Waals surface area (Å²) in [6.07, 6.45) is 2.29. The zero-order chi connectivity index (χ0) is 13.3. The molecule has 0 spiro atoms. The molecule has 0 radical (unpaired) electrons. The highest BCUT2D eigenvalue weighted by Crippen LogP contribution is 2.30. The third kappa shape index (κ3) is 1.99. The van der Waals surface area contributed by atoms with Gasteiger partial charge in [0.1, 0.15) is 17.1 Å². The topological polar surface area (TPSA) is 55.1 Å². The molecule has 1 aromatic carbocycles. The summed E-state index contributed by atoms with van der Waals surface area (Å²) >= 11 is 1.30. The Morgan fingerprint density at radius 3 is 2.78 bits per heavy atom. The van der Waals surface area contributed by atoms with Crippen LogP contribution >= 0.6 is 11.8 Å². The van der Waals surface area contributed by atoms with Crippen LogP contribution in [0.25, 0.3) is 11.3 Å². The number of halogens is 1. The minimum atomic E-state index is -0.373. The number of nitrogens with zero attached hydrogens (tertiary/aromatic N) is 2. The van der Waals surface area contributed by atoms with Crippen molar-refractivity contribution in [3.05, 3.63) is 29.6 Å². The fraction of sp³-hybridized carbons (Fsp3) is 0.167. The monoisotopic (exact) mass is 266 g/mol. The molecule has 1 heterocycles. The van der Waals surface area contributed by atoms with E-state index in [-0.39, 0.29) is 23.0 Å². The zero-order valence-electron chi connectivity index (χ0n) is 9.85. The third-order valence-electron chi connectivity index (χ3n) is 2.60. The van der Waals surface area contributed by atoms with Crippen LogP contribution in [0.4, 0.5) is 4.39 Å². The first-order valence-corrected chi connectivity index (χ1v) is 6.36. The van der Waals surface area contributed by atoms with E-state index >= 15 is 0 Å². The fourth-order valence-electron chi connectivity index (χ4n) is 1.67. The molecular weight excluding hydrogens is 255 g/mol.